The number of hydrogen-bond acceptors (Lipinski definition) is 3. The molecule has 1 amide bonds. The molecule has 0 heterocycles. The summed E-state index contributed by atoms with van der Waals surface area (Å²) in [4.78, 5) is 12.5. The van der Waals surface area contributed by atoms with Gasteiger partial charge in [0.1, 0.15) is 0 Å². The third-order valence-electron chi connectivity index (χ3n) is 14.1. The fourth-order valence-corrected chi connectivity index (χ4v) is 9.23. The van der Waals surface area contributed by atoms with Crippen LogP contribution < -0.4 is 5.32 Å². The van der Waals surface area contributed by atoms with Crippen LogP contribution in [0.2, 0.25) is 0 Å². The molecule has 0 aliphatic heterocycles. The van der Waals surface area contributed by atoms with E-state index in [9.17, 15) is 15.0 Å². The zero-order valence-corrected chi connectivity index (χ0v) is 50.0. The maximum atomic E-state index is 12.5. The highest BCUT2D eigenvalue weighted by molar-refractivity contribution is 5.76. The maximum absolute atomic E-state index is 12.5. The molecule has 2 atom stereocenters. The van der Waals surface area contributed by atoms with Gasteiger partial charge in [-0.3, -0.25) is 4.79 Å². The second-order valence-electron chi connectivity index (χ2n) is 21.4. The lowest BCUT2D eigenvalue weighted by molar-refractivity contribution is -0.123. The molecule has 434 valence electrons. The molecule has 0 saturated carbocycles. The molecule has 3 N–H and O–H groups in total. The molecule has 0 fully saturated rings. The van der Waals surface area contributed by atoms with Gasteiger partial charge in [-0.05, 0) is 109 Å². The summed E-state index contributed by atoms with van der Waals surface area (Å²) in [6.07, 6.45) is 102. The first-order chi connectivity index (χ1) is 37.7. The van der Waals surface area contributed by atoms with Crippen LogP contribution >= 0.6 is 0 Å². The quantitative estimate of drug-likeness (QED) is 0.0420. The predicted molar refractivity (Wildman–Crippen MR) is 340 cm³/mol. The van der Waals surface area contributed by atoms with Gasteiger partial charge in [-0.2, -0.15) is 0 Å². The molecule has 0 spiro atoms. The Morgan fingerprint density at radius 2 is 0.592 bits per heavy atom. The molecule has 0 radical (unpaired) electrons. The summed E-state index contributed by atoms with van der Waals surface area (Å²) in [6.45, 7) is 4.19. The van der Waals surface area contributed by atoms with Gasteiger partial charge >= 0.3 is 0 Å². The third kappa shape index (κ3) is 61.4. The molecule has 0 aromatic carbocycles. The molecule has 0 bridgehead atoms. The zero-order chi connectivity index (χ0) is 54.8. The normalized spacial score (nSPS) is 13.7. The van der Waals surface area contributed by atoms with Gasteiger partial charge in [0, 0.05) is 6.42 Å². The number of aliphatic hydroxyl groups is 2. The number of rotatable bonds is 58. The van der Waals surface area contributed by atoms with Gasteiger partial charge in [0.25, 0.3) is 0 Å². The molecular weight excluding hydrogens is 927 g/mol. The van der Waals surface area contributed by atoms with E-state index in [0.29, 0.717) is 6.42 Å². The van der Waals surface area contributed by atoms with Gasteiger partial charge in [0.15, 0.2) is 0 Å². The number of allylic oxidation sites excluding steroid dienone is 21. The Balaban J connectivity index is 3.60. The van der Waals surface area contributed by atoms with Crippen molar-refractivity contribution < 1.29 is 15.0 Å². The maximum Gasteiger partial charge on any atom is 0.220 e. The average molecular weight is 1050 g/mol. The van der Waals surface area contributed by atoms with Gasteiger partial charge in [-0.15, -0.1) is 0 Å². The average Bonchev–Trinajstić information content (AvgIpc) is 3.42. The minimum Gasteiger partial charge on any atom is -0.394 e. The zero-order valence-electron chi connectivity index (χ0n) is 50.0. The standard InChI is InChI=1S/C72H123NO3/c1-3-5-7-9-11-13-15-17-19-21-23-25-27-29-31-32-33-34-35-36-37-38-39-40-42-44-46-48-50-52-54-56-58-60-62-64-66-68-72(76)73-70(69-74)71(75)67-65-63-61-59-57-55-53-51-49-47-45-43-41-30-28-26-24-22-20-18-16-14-12-10-8-6-4-2/h5,7,11,13,17,19,23,25,29,31,33-34,36-37,39-40,49,51,57,59,65,67,70-71,74-75H,3-4,6,8-10,12,14-16,18,20-22,24,26-28,30,32,35,38,41-48,50,52-56,58,60-64,66,68-69H2,1-2H3,(H,73,76)/b7-5-,13-11-,19-17-,25-23-,31-29-,34-33-,37-36-,40-39-,51-49+,59-57+,67-65+. The van der Waals surface area contributed by atoms with E-state index in [1.165, 1.54) is 186 Å². The smallest absolute Gasteiger partial charge is 0.220 e. The highest BCUT2D eigenvalue weighted by Crippen LogP contribution is 2.16. The van der Waals surface area contributed by atoms with Crippen molar-refractivity contribution in [3.63, 3.8) is 0 Å². The SMILES string of the molecule is CC/C=C\C/C=C\C/C=C\C/C=C\C/C=C\C/C=C\C/C=C\C/C=C\CCCCCCCCCCCCCCC(=O)NC(CO)C(O)/C=C/CC/C=C/CC/C=C/CCCCCCCCCCCCCCCCCCC. The summed E-state index contributed by atoms with van der Waals surface area (Å²) >= 11 is 0. The molecule has 0 rings (SSSR count). The molecule has 0 aromatic rings. The minimum absolute atomic E-state index is 0.0831. The first-order valence-corrected chi connectivity index (χ1v) is 32.4. The van der Waals surface area contributed by atoms with E-state index < -0.39 is 12.1 Å². The van der Waals surface area contributed by atoms with E-state index >= 15 is 0 Å². The largest absolute Gasteiger partial charge is 0.394 e. The first-order valence-electron chi connectivity index (χ1n) is 32.4. The van der Waals surface area contributed by atoms with Crippen molar-refractivity contribution in [1.82, 2.24) is 5.32 Å². The molecule has 0 aliphatic rings. The lowest BCUT2D eigenvalue weighted by atomic mass is 10.0. The molecule has 2 unspecified atom stereocenters. The molecule has 0 aliphatic carbocycles. The summed E-state index contributed by atoms with van der Waals surface area (Å²) in [5, 5.41) is 23.2. The van der Waals surface area contributed by atoms with Crippen LogP contribution in [-0.4, -0.2) is 34.9 Å². The third-order valence-corrected chi connectivity index (χ3v) is 14.1. The number of carbonyl (C=O) groups is 1. The van der Waals surface area contributed by atoms with Crippen LogP contribution in [0.5, 0.6) is 0 Å². The summed E-state index contributed by atoms with van der Waals surface area (Å²) in [5.41, 5.74) is 0. The van der Waals surface area contributed by atoms with E-state index in [0.717, 1.165) is 89.9 Å². The Hall–Kier alpha value is -3.47. The van der Waals surface area contributed by atoms with Crippen LogP contribution in [0.1, 0.15) is 296 Å². The Kier molecular flexibility index (Phi) is 62.8. The number of hydrogen-bond donors (Lipinski definition) is 3. The fourth-order valence-electron chi connectivity index (χ4n) is 9.23. The molecule has 0 saturated heterocycles. The van der Waals surface area contributed by atoms with Gasteiger partial charge in [0.05, 0.1) is 18.8 Å². The van der Waals surface area contributed by atoms with Crippen LogP contribution in [0, 0.1) is 0 Å². The molecular formula is C72H123NO3. The highest BCUT2D eigenvalue weighted by atomic mass is 16.3. The van der Waals surface area contributed by atoms with Crippen molar-refractivity contribution in [2.75, 3.05) is 6.61 Å². The molecule has 4 heteroatoms. The van der Waals surface area contributed by atoms with E-state index in [2.05, 4.69) is 141 Å². The van der Waals surface area contributed by atoms with Gasteiger partial charge in [0.2, 0.25) is 5.91 Å². The summed E-state index contributed by atoms with van der Waals surface area (Å²) in [5.74, 6) is -0.0831. The molecule has 4 nitrogen and oxygen atoms in total. The minimum atomic E-state index is -0.881. The van der Waals surface area contributed by atoms with Crippen LogP contribution in [0.3, 0.4) is 0 Å². The number of unbranched alkanes of at least 4 members (excludes halogenated alkanes) is 31. The fraction of sp³-hybridized carbons (Fsp3) is 0.681. The second-order valence-corrected chi connectivity index (χ2v) is 21.4. The van der Waals surface area contributed by atoms with E-state index in [1.54, 1.807) is 6.08 Å². The van der Waals surface area contributed by atoms with Crippen LogP contribution in [0.25, 0.3) is 0 Å². The summed E-state index contributed by atoms with van der Waals surface area (Å²) < 4.78 is 0. The van der Waals surface area contributed by atoms with Gasteiger partial charge in [-0.25, -0.2) is 0 Å². The van der Waals surface area contributed by atoms with Crippen molar-refractivity contribution in [1.29, 1.82) is 0 Å². The number of amides is 1. The van der Waals surface area contributed by atoms with Crippen molar-refractivity contribution in [2.24, 2.45) is 0 Å². The number of aliphatic hydroxyl groups excluding tert-OH is 2. The van der Waals surface area contributed by atoms with Gasteiger partial charge in [-0.1, -0.05) is 314 Å². The lowest BCUT2D eigenvalue weighted by Crippen LogP contribution is -2.45. The predicted octanol–water partition coefficient (Wildman–Crippen LogP) is 22.1. The Morgan fingerprint density at radius 1 is 0.329 bits per heavy atom. The molecule has 76 heavy (non-hydrogen) atoms. The monoisotopic (exact) mass is 1050 g/mol. The van der Waals surface area contributed by atoms with Crippen LogP contribution in [0.15, 0.2) is 134 Å². The summed E-state index contributed by atoms with van der Waals surface area (Å²) in [7, 11) is 0. The summed E-state index contributed by atoms with van der Waals surface area (Å²) in [6, 6.07) is -0.657. The van der Waals surface area contributed by atoms with Crippen molar-refractivity contribution >= 4 is 5.91 Å². The topological polar surface area (TPSA) is 69.6 Å². The number of nitrogens with one attached hydrogen (secondary N) is 1. The Morgan fingerprint density at radius 3 is 0.921 bits per heavy atom. The van der Waals surface area contributed by atoms with Crippen molar-refractivity contribution in [3.05, 3.63) is 134 Å². The second kappa shape index (κ2) is 65.8. The van der Waals surface area contributed by atoms with Gasteiger partial charge < -0.3 is 15.5 Å². The van der Waals surface area contributed by atoms with E-state index in [4.69, 9.17) is 0 Å². The van der Waals surface area contributed by atoms with E-state index in [-0.39, 0.29) is 12.5 Å². The van der Waals surface area contributed by atoms with Crippen molar-refractivity contribution in [3.8, 4) is 0 Å². The van der Waals surface area contributed by atoms with Crippen LogP contribution in [-0.2, 0) is 4.79 Å². The Labute approximate surface area is 472 Å². The highest BCUT2D eigenvalue weighted by Gasteiger charge is 2.18. The number of carbonyl (C=O) groups excluding carboxylic acids is 1. The van der Waals surface area contributed by atoms with Crippen LogP contribution in [0.4, 0.5) is 0 Å². The first kappa shape index (κ1) is 72.5. The molecule has 0 aromatic heterocycles. The van der Waals surface area contributed by atoms with E-state index in [1.807, 2.05) is 6.08 Å². The van der Waals surface area contributed by atoms with Crippen molar-refractivity contribution in [2.45, 2.75) is 309 Å². The Bertz CT molecular complexity index is 1520. The lowest BCUT2D eigenvalue weighted by Gasteiger charge is -2.19.